The molecule has 0 spiro atoms. The molecule has 0 saturated carbocycles. The molecule has 1 atom stereocenters. The average molecular weight is 390 g/mol. The Morgan fingerprint density at radius 1 is 1.37 bits per heavy atom. The average Bonchev–Trinajstić information content (AvgIpc) is 3.05. The number of carbonyl (C=O) groups excluding carboxylic acids is 1. The van der Waals surface area contributed by atoms with Crippen molar-refractivity contribution in [3.05, 3.63) is 40.7 Å². The third-order valence-electron chi connectivity index (χ3n) is 5.40. The number of hydrogen-bond donors (Lipinski definition) is 1. The molecular weight excluding hydrogens is 367 g/mol. The summed E-state index contributed by atoms with van der Waals surface area (Å²) in [5.74, 6) is -0.282. The van der Waals surface area contributed by atoms with Gasteiger partial charge in [-0.05, 0) is 37.8 Å². The predicted octanol–water partition coefficient (Wildman–Crippen LogP) is 2.02. The summed E-state index contributed by atoms with van der Waals surface area (Å²) in [5, 5.41) is 19.9. The van der Waals surface area contributed by atoms with Gasteiger partial charge >= 0.3 is 0 Å². The van der Waals surface area contributed by atoms with Gasteiger partial charge in [-0.1, -0.05) is 29.5 Å². The Hall–Kier alpha value is -2.06. The Balaban J connectivity index is 1.58. The maximum Gasteiger partial charge on any atom is 0.232 e. The molecule has 8 heteroatoms. The molecule has 1 unspecified atom stereocenters. The van der Waals surface area contributed by atoms with Gasteiger partial charge in [0.25, 0.3) is 0 Å². The molecule has 2 fully saturated rings. The van der Waals surface area contributed by atoms with Crippen molar-refractivity contribution in [3.63, 3.8) is 0 Å². The normalized spacial score (nSPS) is 21.8. The van der Waals surface area contributed by atoms with Crippen molar-refractivity contribution in [2.24, 2.45) is 5.41 Å². The van der Waals surface area contributed by atoms with Crippen molar-refractivity contribution < 1.29 is 14.3 Å². The molecule has 0 bridgehead atoms. The zero-order chi connectivity index (χ0) is 19.0. The van der Waals surface area contributed by atoms with E-state index in [0.717, 1.165) is 23.0 Å². The summed E-state index contributed by atoms with van der Waals surface area (Å²) in [4.78, 5) is 17.2. The Kier molecular flexibility index (Phi) is 4.86. The number of aliphatic hydroxyl groups is 1. The Labute approximate surface area is 161 Å². The fraction of sp³-hybridized carbons (Fsp3) is 0.526. The van der Waals surface area contributed by atoms with Crippen molar-refractivity contribution in [2.45, 2.75) is 32.3 Å². The molecule has 0 aliphatic carbocycles. The van der Waals surface area contributed by atoms with Gasteiger partial charge in [-0.25, -0.2) is 4.39 Å². The van der Waals surface area contributed by atoms with Crippen LogP contribution in [0.5, 0.6) is 0 Å². The first-order chi connectivity index (χ1) is 13.0. The molecule has 1 amide bonds. The first-order valence-corrected chi connectivity index (χ1v) is 10.0. The minimum atomic E-state index is -0.696. The molecule has 2 saturated heterocycles. The molecule has 6 nitrogen and oxygen atoms in total. The monoisotopic (exact) mass is 390 g/mol. The number of benzene rings is 1. The summed E-state index contributed by atoms with van der Waals surface area (Å²) < 4.78 is 14.3. The van der Waals surface area contributed by atoms with E-state index >= 15 is 0 Å². The first-order valence-electron chi connectivity index (χ1n) is 9.23. The number of amides is 1. The maximum absolute atomic E-state index is 14.3. The van der Waals surface area contributed by atoms with Gasteiger partial charge in [0.05, 0.1) is 11.5 Å². The van der Waals surface area contributed by atoms with Crippen LogP contribution in [-0.2, 0) is 11.2 Å². The van der Waals surface area contributed by atoms with E-state index in [-0.39, 0.29) is 11.7 Å². The van der Waals surface area contributed by atoms with Crippen LogP contribution in [0.4, 0.5) is 9.52 Å². The molecule has 0 radical (unpaired) electrons. The molecule has 144 valence electrons. The lowest BCUT2D eigenvalue weighted by Crippen LogP contribution is -2.66. The van der Waals surface area contributed by atoms with Crippen LogP contribution in [0.2, 0.25) is 0 Å². The second-order valence-corrected chi connectivity index (χ2v) is 8.72. The highest BCUT2D eigenvalue weighted by atomic mass is 32.1. The van der Waals surface area contributed by atoms with Gasteiger partial charge in [0.2, 0.25) is 11.0 Å². The number of rotatable bonds is 4. The number of carbonyl (C=O) groups is 1. The lowest BCUT2D eigenvalue weighted by Gasteiger charge is -2.51. The highest BCUT2D eigenvalue weighted by Gasteiger charge is 2.52. The number of anilines is 1. The van der Waals surface area contributed by atoms with Gasteiger partial charge in [-0.3, -0.25) is 4.79 Å². The van der Waals surface area contributed by atoms with Crippen LogP contribution in [0.1, 0.15) is 23.4 Å². The molecule has 4 rings (SSSR count). The number of aryl methyl sites for hydroxylation is 1. The number of nitrogens with zero attached hydrogens (tertiary/aromatic N) is 4. The van der Waals surface area contributed by atoms with Gasteiger partial charge in [0.1, 0.15) is 10.8 Å². The second-order valence-electron chi connectivity index (χ2n) is 7.56. The molecule has 2 aliphatic heterocycles. The van der Waals surface area contributed by atoms with Crippen molar-refractivity contribution in [1.29, 1.82) is 0 Å². The molecule has 1 aromatic heterocycles. The van der Waals surface area contributed by atoms with Crippen molar-refractivity contribution in [3.8, 4) is 0 Å². The number of aliphatic hydroxyl groups excluding tert-OH is 1. The third kappa shape index (κ3) is 3.55. The topological polar surface area (TPSA) is 69.6 Å². The summed E-state index contributed by atoms with van der Waals surface area (Å²) in [7, 11) is 0. The summed E-state index contributed by atoms with van der Waals surface area (Å²) in [6, 6.07) is 6.63. The minimum Gasteiger partial charge on any atom is -0.391 e. The molecule has 1 N–H and O–H groups in total. The highest BCUT2D eigenvalue weighted by Crippen LogP contribution is 2.40. The van der Waals surface area contributed by atoms with E-state index in [1.165, 1.54) is 17.4 Å². The van der Waals surface area contributed by atoms with Crippen LogP contribution in [-0.4, -0.2) is 58.4 Å². The van der Waals surface area contributed by atoms with Gasteiger partial charge < -0.3 is 14.9 Å². The van der Waals surface area contributed by atoms with E-state index in [0.29, 0.717) is 38.2 Å². The summed E-state index contributed by atoms with van der Waals surface area (Å²) >= 11 is 1.49. The van der Waals surface area contributed by atoms with Crippen LogP contribution in [0.3, 0.4) is 0 Å². The van der Waals surface area contributed by atoms with Gasteiger partial charge in [0, 0.05) is 26.2 Å². The van der Waals surface area contributed by atoms with E-state index in [4.69, 9.17) is 0 Å². The summed E-state index contributed by atoms with van der Waals surface area (Å²) in [5.41, 5.74) is -0.143. The van der Waals surface area contributed by atoms with E-state index in [1.54, 1.807) is 23.1 Å². The van der Waals surface area contributed by atoms with Crippen LogP contribution in [0, 0.1) is 18.2 Å². The molecule has 1 aromatic carbocycles. The second kappa shape index (κ2) is 7.16. The maximum atomic E-state index is 14.3. The number of halogens is 1. The van der Waals surface area contributed by atoms with E-state index in [1.807, 2.05) is 11.8 Å². The van der Waals surface area contributed by atoms with Gasteiger partial charge in [-0.15, -0.1) is 10.2 Å². The number of aromatic nitrogens is 2. The number of β-amino-alcohol motifs (C(OH)–C–C–N with tert-alkyl or cyclic N) is 1. The zero-order valence-corrected chi connectivity index (χ0v) is 16.1. The van der Waals surface area contributed by atoms with Crippen molar-refractivity contribution in [1.82, 2.24) is 15.1 Å². The Morgan fingerprint density at radius 2 is 2.15 bits per heavy atom. The molecule has 3 heterocycles. The first kappa shape index (κ1) is 18.3. The van der Waals surface area contributed by atoms with Crippen molar-refractivity contribution in [2.75, 3.05) is 31.1 Å². The van der Waals surface area contributed by atoms with Gasteiger partial charge in [-0.2, -0.15) is 0 Å². The van der Waals surface area contributed by atoms with E-state index in [9.17, 15) is 14.3 Å². The molecule has 27 heavy (non-hydrogen) atoms. The quantitative estimate of drug-likeness (QED) is 0.865. The minimum absolute atomic E-state index is 0.00184. The lowest BCUT2D eigenvalue weighted by atomic mass is 9.73. The third-order valence-corrected chi connectivity index (χ3v) is 6.30. The molecule has 2 aliphatic rings. The smallest absolute Gasteiger partial charge is 0.232 e. The standard InChI is InChI=1S/C19H23FN4O2S/c1-13-21-22-18(27-13)24-11-19(12-24,9-14-5-2-3-7-16(14)20)17(26)23-8-4-6-15(25)10-23/h2-3,5,7,15,25H,4,6,8-12H2,1H3. The van der Waals surface area contributed by atoms with Crippen molar-refractivity contribution >= 4 is 22.4 Å². The van der Waals surface area contributed by atoms with Crippen LogP contribution in [0.25, 0.3) is 0 Å². The van der Waals surface area contributed by atoms with E-state index < -0.39 is 11.5 Å². The number of hydrogen-bond acceptors (Lipinski definition) is 6. The fourth-order valence-electron chi connectivity index (χ4n) is 4.04. The SMILES string of the molecule is Cc1nnc(N2CC(Cc3ccccc3F)(C(=O)N3CCCC(O)C3)C2)s1. The van der Waals surface area contributed by atoms with Crippen LogP contribution >= 0.6 is 11.3 Å². The predicted molar refractivity (Wildman–Crippen MR) is 101 cm³/mol. The van der Waals surface area contributed by atoms with Gasteiger partial charge in [0.15, 0.2) is 0 Å². The van der Waals surface area contributed by atoms with Crippen LogP contribution in [0.15, 0.2) is 24.3 Å². The largest absolute Gasteiger partial charge is 0.391 e. The molecule has 2 aromatic rings. The van der Waals surface area contributed by atoms with E-state index in [2.05, 4.69) is 10.2 Å². The highest BCUT2D eigenvalue weighted by molar-refractivity contribution is 7.15. The number of likely N-dealkylation sites (tertiary alicyclic amines) is 1. The zero-order valence-electron chi connectivity index (χ0n) is 15.3. The molecular formula is C19H23FN4O2S. The lowest BCUT2D eigenvalue weighted by molar-refractivity contribution is -0.147. The summed E-state index contributed by atoms with van der Waals surface area (Å²) in [6.45, 7) is 3.87. The summed E-state index contributed by atoms with van der Waals surface area (Å²) in [6.07, 6.45) is 1.39. The van der Waals surface area contributed by atoms with Crippen LogP contribution < -0.4 is 4.90 Å². The number of piperidine rings is 1. The fourth-order valence-corrected chi connectivity index (χ4v) is 4.72. The Morgan fingerprint density at radius 3 is 2.81 bits per heavy atom. The Bertz CT molecular complexity index is 837.